The first-order valence-corrected chi connectivity index (χ1v) is 18.3. The van der Waals surface area contributed by atoms with Crippen LogP contribution in [-0.2, 0) is 14.2 Å². The van der Waals surface area contributed by atoms with Crippen LogP contribution in [-0.4, -0.2) is 48.4 Å². The second kappa shape index (κ2) is 11.8. The molecule has 1 saturated heterocycles. The van der Waals surface area contributed by atoms with E-state index in [0.29, 0.717) is 25.2 Å². The van der Waals surface area contributed by atoms with Gasteiger partial charge in [0.15, 0.2) is 0 Å². The number of hydrogen-bond donors (Lipinski definition) is 0. The van der Waals surface area contributed by atoms with Gasteiger partial charge >= 0.3 is 0 Å². The van der Waals surface area contributed by atoms with Crippen molar-refractivity contribution < 1.29 is 14.2 Å². The lowest BCUT2D eigenvalue weighted by atomic mass is 9.85. The van der Waals surface area contributed by atoms with Crippen LogP contribution in [0.3, 0.4) is 0 Å². The van der Waals surface area contributed by atoms with Gasteiger partial charge in [-0.1, -0.05) is 64.9 Å². The van der Waals surface area contributed by atoms with E-state index in [1.165, 1.54) is 18.0 Å². The third-order valence-electron chi connectivity index (χ3n) is 5.29. The Kier molecular flexibility index (Phi) is 10.9. The molecule has 0 amide bonds. The molecule has 1 fully saturated rings. The third-order valence-corrected chi connectivity index (χ3v) is 8.23. The SMILES string of the molecule is C=CC/C(=C/[Si](C)(C)C)[C@@H]1O[C@@H]([C@@H](C)COCOCC[Si](C)(C)C)CC[C@@H]1C. The van der Waals surface area contributed by atoms with Gasteiger partial charge in [-0.05, 0) is 36.8 Å². The Morgan fingerprint density at radius 2 is 1.82 bits per heavy atom. The second-order valence-electron chi connectivity index (χ2n) is 10.9. The normalized spacial score (nSPS) is 25.6. The summed E-state index contributed by atoms with van der Waals surface area (Å²) in [5.41, 5.74) is 3.96. The summed E-state index contributed by atoms with van der Waals surface area (Å²) >= 11 is 0. The highest BCUT2D eigenvalue weighted by Gasteiger charge is 2.33. The minimum Gasteiger partial charge on any atom is -0.370 e. The van der Waals surface area contributed by atoms with E-state index in [-0.39, 0.29) is 12.2 Å². The number of rotatable bonds is 12. The molecule has 3 nitrogen and oxygen atoms in total. The van der Waals surface area contributed by atoms with E-state index in [4.69, 9.17) is 14.2 Å². The zero-order chi connectivity index (χ0) is 21.4. The van der Waals surface area contributed by atoms with Gasteiger partial charge in [-0.3, -0.25) is 0 Å². The van der Waals surface area contributed by atoms with Crippen molar-refractivity contribution in [3.63, 3.8) is 0 Å². The molecule has 0 saturated carbocycles. The Morgan fingerprint density at radius 1 is 1.14 bits per heavy atom. The predicted molar refractivity (Wildman–Crippen MR) is 127 cm³/mol. The monoisotopic (exact) mass is 426 g/mol. The summed E-state index contributed by atoms with van der Waals surface area (Å²) in [6, 6.07) is 1.19. The summed E-state index contributed by atoms with van der Waals surface area (Å²) < 4.78 is 18.1. The van der Waals surface area contributed by atoms with Crippen LogP contribution in [0.2, 0.25) is 45.3 Å². The quantitative estimate of drug-likeness (QED) is 0.154. The molecule has 1 aliphatic rings. The average Bonchev–Trinajstić information content (AvgIpc) is 2.55. The average molecular weight is 427 g/mol. The molecule has 0 spiro atoms. The summed E-state index contributed by atoms with van der Waals surface area (Å²) in [4.78, 5) is 0. The van der Waals surface area contributed by atoms with Crippen LogP contribution in [0.5, 0.6) is 0 Å². The zero-order valence-electron chi connectivity index (χ0n) is 19.8. The highest BCUT2D eigenvalue weighted by molar-refractivity contribution is 6.81. The molecule has 0 bridgehead atoms. The van der Waals surface area contributed by atoms with Gasteiger partial charge < -0.3 is 14.2 Å². The molecule has 0 aliphatic carbocycles. The van der Waals surface area contributed by atoms with Gasteiger partial charge in [0, 0.05) is 20.6 Å². The van der Waals surface area contributed by atoms with Gasteiger partial charge in [-0.25, -0.2) is 0 Å². The molecule has 0 unspecified atom stereocenters. The molecule has 0 N–H and O–H groups in total. The lowest BCUT2D eigenvalue weighted by Crippen LogP contribution is -2.40. The van der Waals surface area contributed by atoms with Gasteiger partial charge in [-0.2, -0.15) is 0 Å². The number of ether oxygens (including phenoxy) is 3. The topological polar surface area (TPSA) is 27.7 Å². The van der Waals surface area contributed by atoms with Crippen molar-refractivity contribution in [2.75, 3.05) is 20.0 Å². The summed E-state index contributed by atoms with van der Waals surface area (Å²) in [6.07, 6.45) is 5.77. The van der Waals surface area contributed by atoms with Crippen molar-refractivity contribution in [1.82, 2.24) is 0 Å². The standard InChI is InChI=1S/C23H46O3Si2/c1-10-11-21(17-28(7,8)9)23-19(2)12-13-22(26-23)20(3)16-25-18-24-14-15-27(4,5)6/h10,17,19-20,22-23H,1,11-16,18H2,2-9H3/b21-17-/t19-,20-,22+,23+/m0/s1. The first-order chi connectivity index (χ1) is 12.9. The van der Waals surface area contributed by atoms with Gasteiger partial charge in [-0.15, -0.1) is 6.58 Å². The third kappa shape index (κ3) is 10.5. The van der Waals surface area contributed by atoms with Gasteiger partial charge in [0.25, 0.3) is 0 Å². The first kappa shape index (κ1) is 25.8. The van der Waals surface area contributed by atoms with E-state index >= 15 is 0 Å². The van der Waals surface area contributed by atoms with Crippen molar-refractivity contribution in [2.45, 2.75) is 90.6 Å². The van der Waals surface area contributed by atoms with Crippen LogP contribution in [0.4, 0.5) is 0 Å². The van der Waals surface area contributed by atoms with E-state index in [1.807, 2.05) is 6.08 Å². The van der Waals surface area contributed by atoms with Crippen LogP contribution >= 0.6 is 0 Å². The molecule has 164 valence electrons. The summed E-state index contributed by atoms with van der Waals surface area (Å²) in [6.45, 7) is 24.7. The largest absolute Gasteiger partial charge is 0.370 e. The van der Waals surface area contributed by atoms with Gasteiger partial charge in [0.2, 0.25) is 0 Å². The Morgan fingerprint density at radius 3 is 2.39 bits per heavy atom. The van der Waals surface area contributed by atoms with E-state index in [9.17, 15) is 0 Å². The van der Waals surface area contributed by atoms with Crippen LogP contribution < -0.4 is 0 Å². The molecular formula is C23H46O3Si2. The Hall–Kier alpha value is -0.206. The fraction of sp³-hybridized carbons (Fsp3) is 0.826. The molecule has 1 aliphatic heterocycles. The van der Waals surface area contributed by atoms with E-state index < -0.39 is 16.1 Å². The van der Waals surface area contributed by atoms with Gasteiger partial charge in [0.05, 0.1) is 26.9 Å². The summed E-state index contributed by atoms with van der Waals surface area (Å²) in [7, 11) is -2.32. The molecular weight excluding hydrogens is 380 g/mol. The van der Waals surface area contributed by atoms with Crippen LogP contribution in [0.25, 0.3) is 0 Å². The van der Waals surface area contributed by atoms with Crippen molar-refractivity contribution >= 4 is 16.1 Å². The Bertz CT molecular complexity index is 491. The van der Waals surface area contributed by atoms with Crippen LogP contribution in [0.1, 0.15) is 33.1 Å². The second-order valence-corrected chi connectivity index (χ2v) is 21.6. The maximum Gasteiger partial charge on any atom is 0.146 e. The minimum atomic E-state index is -1.30. The molecule has 28 heavy (non-hydrogen) atoms. The van der Waals surface area contributed by atoms with Crippen molar-refractivity contribution in [3.05, 3.63) is 23.9 Å². The Labute approximate surface area is 176 Å². The van der Waals surface area contributed by atoms with E-state index in [0.717, 1.165) is 19.4 Å². The lowest BCUT2D eigenvalue weighted by molar-refractivity contribution is -0.115. The Balaban J connectivity index is 2.53. The summed E-state index contributed by atoms with van der Waals surface area (Å²) in [5, 5.41) is 0. The van der Waals surface area contributed by atoms with Crippen LogP contribution in [0, 0.1) is 11.8 Å². The fourth-order valence-electron chi connectivity index (χ4n) is 3.66. The number of allylic oxidation sites excluding steroid dienone is 1. The highest BCUT2D eigenvalue weighted by Crippen LogP contribution is 2.34. The molecule has 1 heterocycles. The maximum absolute atomic E-state index is 6.63. The molecule has 0 aromatic rings. The molecule has 0 radical (unpaired) electrons. The lowest BCUT2D eigenvalue weighted by Gasteiger charge is -2.39. The predicted octanol–water partition coefficient (Wildman–Crippen LogP) is 6.52. The highest BCUT2D eigenvalue weighted by atomic mass is 28.3. The van der Waals surface area contributed by atoms with E-state index in [1.54, 1.807) is 0 Å². The molecule has 0 aromatic carbocycles. The van der Waals surface area contributed by atoms with E-state index in [2.05, 4.69) is 65.4 Å². The molecule has 5 heteroatoms. The maximum atomic E-state index is 6.63. The van der Waals surface area contributed by atoms with Crippen molar-refractivity contribution in [1.29, 1.82) is 0 Å². The minimum absolute atomic E-state index is 0.221. The molecule has 0 aromatic heterocycles. The van der Waals surface area contributed by atoms with Crippen molar-refractivity contribution in [3.8, 4) is 0 Å². The molecule has 1 rings (SSSR count). The van der Waals surface area contributed by atoms with Gasteiger partial charge in [0.1, 0.15) is 6.79 Å². The van der Waals surface area contributed by atoms with Crippen LogP contribution in [0.15, 0.2) is 23.9 Å². The zero-order valence-corrected chi connectivity index (χ0v) is 21.8. The smallest absolute Gasteiger partial charge is 0.146 e. The molecule has 4 atom stereocenters. The van der Waals surface area contributed by atoms with Crippen molar-refractivity contribution in [2.24, 2.45) is 11.8 Å². The first-order valence-electron chi connectivity index (χ1n) is 11.1. The number of hydrogen-bond acceptors (Lipinski definition) is 3. The fourth-order valence-corrected chi connectivity index (χ4v) is 5.81. The summed E-state index contributed by atoms with van der Waals surface area (Å²) in [5.74, 6) is 0.948.